The van der Waals surface area contributed by atoms with Crippen LogP contribution in [0, 0.1) is 17.5 Å². The topological polar surface area (TPSA) is 139 Å². The van der Waals surface area contributed by atoms with E-state index in [1.54, 1.807) is 13.0 Å². The second-order valence-electron chi connectivity index (χ2n) is 9.68. The van der Waals surface area contributed by atoms with Gasteiger partial charge in [0.1, 0.15) is 11.6 Å². The number of pyridine rings is 1. The molecule has 0 saturated carbocycles. The van der Waals surface area contributed by atoms with Gasteiger partial charge in [-0.15, -0.1) is 0 Å². The summed E-state index contributed by atoms with van der Waals surface area (Å²) in [5, 5.41) is 5.63. The lowest BCUT2D eigenvalue weighted by Gasteiger charge is -2.20. The van der Waals surface area contributed by atoms with E-state index in [0.717, 1.165) is 12.1 Å². The third-order valence-electron chi connectivity index (χ3n) is 5.16. The van der Waals surface area contributed by atoms with Crippen LogP contribution in [-0.2, 0) is 4.74 Å². The number of halogens is 3. The number of nitrogens with two attached hydrogens (primary N) is 1. The number of carbonyl (C=O) groups is 1. The van der Waals surface area contributed by atoms with E-state index in [9.17, 15) is 13.6 Å². The second kappa shape index (κ2) is 14.4. The van der Waals surface area contributed by atoms with Crippen LogP contribution in [0.5, 0.6) is 0 Å². The Balaban J connectivity index is 1.89. The predicted molar refractivity (Wildman–Crippen MR) is 156 cm³/mol. The fourth-order valence-electron chi connectivity index (χ4n) is 3.17. The molecule has 0 spiro atoms. The number of alkyl carbamates (subject to hydrolysis) is 1. The van der Waals surface area contributed by atoms with E-state index in [0.29, 0.717) is 24.2 Å². The molecular weight excluding hydrogens is 577 g/mol. The van der Waals surface area contributed by atoms with Crippen molar-refractivity contribution >= 4 is 47.3 Å². The van der Waals surface area contributed by atoms with Crippen molar-refractivity contribution in [2.45, 2.75) is 49.4 Å². The number of rotatable bonds is 11. The zero-order valence-corrected chi connectivity index (χ0v) is 24.7. The zero-order valence-electron chi connectivity index (χ0n) is 23.0. The normalized spacial score (nSPS) is 13.3. The molecule has 15 heteroatoms. The molecule has 0 aliphatic rings. The Labute approximate surface area is 244 Å². The Bertz CT molecular complexity index is 1370. The molecule has 2 heterocycles. The van der Waals surface area contributed by atoms with Crippen molar-refractivity contribution in [3.8, 4) is 0 Å². The van der Waals surface area contributed by atoms with Crippen LogP contribution < -0.4 is 21.1 Å². The highest BCUT2D eigenvalue weighted by molar-refractivity contribution is 8.00. The van der Waals surface area contributed by atoms with Gasteiger partial charge in [0.25, 0.3) is 0 Å². The number of carbonyl (C=O) groups excluding carboxylic acids is 1. The van der Waals surface area contributed by atoms with Crippen LogP contribution in [0.4, 0.5) is 29.6 Å². The van der Waals surface area contributed by atoms with Crippen molar-refractivity contribution < 1.29 is 22.7 Å². The van der Waals surface area contributed by atoms with Gasteiger partial charge in [0.05, 0.1) is 46.9 Å². The first kappa shape index (κ1) is 32.0. The standard InChI is InChI=1S/C26H31F3N8O2S2/c1-14(34-25(38)39-5)11-33-24-32-10-9-18(35-24)21(30)22(37-41-26(2,3)4)15-12-31-13-19(20(15)29)36-40-23-16(27)7-6-8-17(23)28/h6-10,12-14,21,36H,11,30H2,1-5H3,(H,34,38)(H,32,33,35)/b37-22-/t14-,21?/m0/s1. The summed E-state index contributed by atoms with van der Waals surface area (Å²) in [7, 11) is 1.27. The summed E-state index contributed by atoms with van der Waals surface area (Å²) in [5.41, 5.74) is 6.93. The molecule has 2 aromatic heterocycles. The van der Waals surface area contributed by atoms with Crippen LogP contribution in [0.15, 0.2) is 52.1 Å². The summed E-state index contributed by atoms with van der Waals surface area (Å²) in [5.74, 6) is -2.11. The highest BCUT2D eigenvalue weighted by Gasteiger charge is 2.25. The average Bonchev–Trinajstić information content (AvgIpc) is 2.92. The number of hydrogen-bond donors (Lipinski definition) is 4. The summed E-state index contributed by atoms with van der Waals surface area (Å²) >= 11 is 1.77. The van der Waals surface area contributed by atoms with Gasteiger partial charge in [0, 0.05) is 29.7 Å². The largest absolute Gasteiger partial charge is 0.453 e. The Morgan fingerprint density at radius 2 is 1.88 bits per heavy atom. The highest BCUT2D eigenvalue weighted by atomic mass is 32.2. The minimum atomic E-state index is -0.998. The SMILES string of the molecule is COC(=O)N[C@@H](C)CNc1nccc(C(N)/C(=N\SC(C)(C)C)c2cncc(NSc3c(F)cccc3F)c2F)n1. The van der Waals surface area contributed by atoms with Crippen LogP contribution in [0.25, 0.3) is 0 Å². The molecule has 0 bridgehead atoms. The number of aromatic nitrogens is 3. The molecular formula is C26H31F3N8O2S2. The molecule has 1 aromatic carbocycles. The number of methoxy groups -OCH3 is 1. The fourth-order valence-corrected chi connectivity index (χ4v) is 4.44. The van der Waals surface area contributed by atoms with E-state index >= 15 is 4.39 Å². The molecule has 10 nitrogen and oxygen atoms in total. The first-order chi connectivity index (χ1) is 19.4. The summed E-state index contributed by atoms with van der Waals surface area (Å²) in [6.07, 6.45) is 3.39. The molecule has 3 rings (SSSR count). The van der Waals surface area contributed by atoms with Gasteiger partial charge >= 0.3 is 6.09 Å². The van der Waals surface area contributed by atoms with Gasteiger partial charge in [0.2, 0.25) is 5.95 Å². The van der Waals surface area contributed by atoms with Crippen molar-refractivity contribution in [1.82, 2.24) is 20.3 Å². The van der Waals surface area contributed by atoms with Crippen molar-refractivity contribution in [2.24, 2.45) is 10.1 Å². The van der Waals surface area contributed by atoms with E-state index in [4.69, 9.17) is 5.73 Å². The number of nitrogens with one attached hydrogen (secondary N) is 3. The summed E-state index contributed by atoms with van der Waals surface area (Å²) in [4.78, 5) is 23.8. The molecule has 5 N–H and O–H groups in total. The van der Waals surface area contributed by atoms with Gasteiger partial charge in [-0.3, -0.25) is 4.98 Å². The van der Waals surface area contributed by atoms with E-state index in [2.05, 4.69) is 39.4 Å². The maximum Gasteiger partial charge on any atom is 0.407 e. The van der Waals surface area contributed by atoms with E-state index in [1.807, 2.05) is 20.8 Å². The minimum absolute atomic E-state index is 0.0159. The Morgan fingerprint density at radius 3 is 2.54 bits per heavy atom. The third kappa shape index (κ3) is 9.23. The van der Waals surface area contributed by atoms with Gasteiger partial charge in [-0.25, -0.2) is 32.3 Å². The summed E-state index contributed by atoms with van der Waals surface area (Å²) in [6.45, 7) is 7.87. The van der Waals surface area contributed by atoms with E-state index in [1.165, 1.54) is 43.7 Å². The lowest BCUT2D eigenvalue weighted by atomic mass is 10.0. The predicted octanol–water partition coefficient (Wildman–Crippen LogP) is 5.50. The molecule has 41 heavy (non-hydrogen) atoms. The molecule has 0 aliphatic carbocycles. The lowest BCUT2D eigenvalue weighted by molar-refractivity contribution is 0.168. The number of ether oxygens (including phenoxy) is 1. The zero-order chi connectivity index (χ0) is 30.2. The van der Waals surface area contributed by atoms with E-state index < -0.39 is 29.6 Å². The average molecular weight is 609 g/mol. The van der Waals surface area contributed by atoms with Crippen molar-refractivity contribution in [3.63, 3.8) is 0 Å². The third-order valence-corrected chi connectivity index (χ3v) is 6.91. The van der Waals surface area contributed by atoms with Crippen molar-refractivity contribution in [1.29, 1.82) is 0 Å². The fraction of sp³-hybridized carbons (Fsp3) is 0.346. The van der Waals surface area contributed by atoms with Gasteiger partial charge in [-0.2, -0.15) is 0 Å². The molecule has 220 valence electrons. The molecule has 0 fully saturated rings. The number of anilines is 2. The second-order valence-corrected chi connectivity index (χ2v) is 12.1. The number of amides is 1. The molecule has 0 saturated heterocycles. The Kier molecular flexibility index (Phi) is 11.2. The maximum absolute atomic E-state index is 15.8. The molecule has 0 radical (unpaired) electrons. The highest BCUT2D eigenvalue weighted by Crippen LogP contribution is 2.32. The first-order valence-electron chi connectivity index (χ1n) is 12.3. The van der Waals surface area contributed by atoms with Gasteiger partial charge in [-0.1, -0.05) is 6.07 Å². The van der Waals surface area contributed by atoms with Crippen LogP contribution in [0.3, 0.4) is 0 Å². The Hall–Kier alpha value is -3.56. The van der Waals surface area contributed by atoms with Crippen LogP contribution in [0.2, 0.25) is 0 Å². The molecule has 2 atom stereocenters. The van der Waals surface area contributed by atoms with Crippen LogP contribution >= 0.6 is 23.9 Å². The number of nitrogens with zero attached hydrogens (tertiary/aromatic N) is 4. The molecule has 3 aromatic rings. The first-order valence-corrected chi connectivity index (χ1v) is 13.9. The van der Waals surface area contributed by atoms with Gasteiger partial charge in [0.15, 0.2) is 5.82 Å². The van der Waals surface area contributed by atoms with Gasteiger partial charge in [-0.05, 0) is 69.8 Å². The molecule has 0 aliphatic heterocycles. The van der Waals surface area contributed by atoms with Gasteiger partial charge < -0.3 is 25.8 Å². The van der Waals surface area contributed by atoms with Crippen LogP contribution in [-0.4, -0.2) is 51.2 Å². The molecule has 1 amide bonds. The smallest absolute Gasteiger partial charge is 0.407 e. The van der Waals surface area contributed by atoms with E-state index in [-0.39, 0.29) is 38.6 Å². The van der Waals surface area contributed by atoms with Crippen molar-refractivity contribution in [3.05, 3.63) is 71.6 Å². The number of benzene rings is 1. The summed E-state index contributed by atoms with van der Waals surface area (Å²) < 4.78 is 55.4. The maximum atomic E-state index is 15.8. The lowest BCUT2D eigenvalue weighted by Crippen LogP contribution is -2.37. The monoisotopic (exact) mass is 608 g/mol. The number of hydrogen-bond acceptors (Lipinski definition) is 11. The minimum Gasteiger partial charge on any atom is -0.453 e. The molecule has 1 unspecified atom stereocenters. The Morgan fingerprint density at radius 1 is 1.17 bits per heavy atom. The quantitative estimate of drug-likeness (QED) is 0.163. The summed E-state index contributed by atoms with van der Waals surface area (Å²) in [6, 6.07) is 3.73. The van der Waals surface area contributed by atoms with Crippen LogP contribution in [0.1, 0.15) is 45.0 Å². The van der Waals surface area contributed by atoms with Crippen molar-refractivity contribution in [2.75, 3.05) is 23.7 Å².